The van der Waals surface area contributed by atoms with Gasteiger partial charge in [0.25, 0.3) is 0 Å². The Morgan fingerprint density at radius 3 is 2.20 bits per heavy atom. The number of methoxy groups -OCH3 is 1. The zero-order chi connectivity index (χ0) is 18.2. The molecule has 3 unspecified atom stereocenters. The van der Waals surface area contributed by atoms with Crippen molar-refractivity contribution in [3.8, 4) is 5.75 Å². The molecule has 2 aromatic carbocycles. The summed E-state index contributed by atoms with van der Waals surface area (Å²) in [5, 5.41) is 19.8. The number of carboxylic acid groups (broad SMARTS) is 1. The molecule has 25 heavy (non-hydrogen) atoms. The monoisotopic (exact) mass is 343 g/mol. The second kappa shape index (κ2) is 9.20. The van der Waals surface area contributed by atoms with Crippen molar-refractivity contribution < 1.29 is 19.7 Å². The van der Waals surface area contributed by atoms with E-state index in [2.05, 4.69) is 0 Å². The van der Waals surface area contributed by atoms with Crippen LogP contribution in [0.4, 0.5) is 0 Å². The van der Waals surface area contributed by atoms with Crippen LogP contribution in [-0.2, 0) is 17.6 Å². The van der Waals surface area contributed by atoms with Gasteiger partial charge < -0.3 is 20.7 Å². The van der Waals surface area contributed by atoms with E-state index in [1.165, 1.54) is 0 Å². The lowest BCUT2D eigenvalue weighted by molar-refractivity contribution is -0.142. The molecule has 2 rings (SSSR count). The van der Waals surface area contributed by atoms with Crippen LogP contribution >= 0.6 is 0 Å². The van der Waals surface area contributed by atoms with E-state index in [1.807, 2.05) is 42.5 Å². The van der Waals surface area contributed by atoms with E-state index >= 15 is 0 Å². The van der Waals surface area contributed by atoms with Crippen molar-refractivity contribution in [2.75, 3.05) is 7.11 Å². The minimum atomic E-state index is -0.929. The van der Waals surface area contributed by atoms with E-state index in [0.717, 1.165) is 16.9 Å². The van der Waals surface area contributed by atoms with Crippen LogP contribution in [-0.4, -0.2) is 35.4 Å². The molecule has 0 aliphatic carbocycles. The third-order valence-corrected chi connectivity index (χ3v) is 4.32. The molecule has 2 aromatic rings. The van der Waals surface area contributed by atoms with Crippen LogP contribution in [0.25, 0.3) is 0 Å². The number of rotatable bonds is 9. The SMILES string of the molecule is COc1ccc(CC(CC(O)C(N)Cc2ccccc2)C(=O)O)cc1. The molecule has 0 aliphatic heterocycles. The van der Waals surface area contributed by atoms with E-state index in [1.54, 1.807) is 19.2 Å². The molecule has 4 N–H and O–H groups in total. The predicted octanol–water partition coefficient (Wildman–Crippen LogP) is 2.26. The van der Waals surface area contributed by atoms with Crippen molar-refractivity contribution in [2.45, 2.75) is 31.4 Å². The van der Waals surface area contributed by atoms with Crippen molar-refractivity contribution in [3.63, 3.8) is 0 Å². The molecule has 0 radical (unpaired) electrons. The van der Waals surface area contributed by atoms with Crippen molar-refractivity contribution in [2.24, 2.45) is 11.7 Å². The lowest BCUT2D eigenvalue weighted by Crippen LogP contribution is -2.39. The quantitative estimate of drug-likeness (QED) is 0.649. The van der Waals surface area contributed by atoms with Crippen LogP contribution in [0.3, 0.4) is 0 Å². The number of nitrogens with two attached hydrogens (primary N) is 1. The number of carbonyl (C=O) groups is 1. The molecule has 0 saturated heterocycles. The Morgan fingerprint density at radius 2 is 1.64 bits per heavy atom. The third kappa shape index (κ3) is 5.89. The summed E-state index contributed by atoms with van der Waals surface area (Å²) in [6, 6.07) is 16.4. The van der Waals surface area contributed by atoms with Gasteiger partial charge in [-0.3, -0.25) is 4.79 Å². The molecule has 0 aliphatic rings. The first-order chi connectivity index (χ1) is 12.0. The minimum Gasteiger partial charge on any atom is -0.497 e. The van der Waals surface area contributed by atoms with Gasteiger partial charge in [-0.1, -0.05) is 42.5 Å². The smallest absolute Gasteiger partial charge is 0.306 e. The highest BCUT2D eigenvalue weighted by Gasteiger charge is 2.25. The van der Waals surface area contributed by atoms with Gasteiger partial charge in [-0.05, 0) is 42.5 Å². The fraction of sp³-hybridized carbons (Fsp3) is 0.350. The molecule has 5 heteroatoms. The molecule has 0 spiro atoms. The predicted molar refractivity (Wildman–Crippen MR) is 96.6 cm³/mol. The fourth-order valence-corrected chi connectivity index (χ4v) is 2.81. The van der Waals surface area contributed by atoms with E-state index in [4.69, 9.17) is 10.5 Å². The number of benzene rings is 2. The first-order valence-electron chi connectivity index (χ1n) is 8.33. The van der Waals surface area contributed by atoms with Crippen LogP contribution in [0, 0.1) is 5.92 Å². The Labute approximate surface area is 148 Å². The van der Waals surface area contributed by atoms with Gasteiger partial charge in [-0.25, -0.2) is 0 Å². The lowest BCUT2D eigenvalue weighted by Gasteiger charge is -2.22. The number of carboxylic acids is 1. The Kier molecular flexibility index (Phi) is 6.98. The van der Waals surface area contributed by atoms with Gasteiger partial charge in [0.2, 0.25) is 0 Å². The van der Waals surface area contributed by atoms with Crippen LogP contribution in [0.2, 0.25) is 0 Å². The second-order valence-electron chi connectivity index (χ2n) is 6.24. The highest BCUT2D eigenvalue weighted by molar-refractivity contribution is 5.70. The van der Waals surface area contributed by atoms with Crippen molar-refractivity contribution in [1.29, 1.82) is 0 Å². The average Bonchev–Trinajstić information content (AvgIpc) is 2.62. The van der Waals surface area contributed by atoms with Gasteiger partial charge in [-0.15, -0.1) is 0 Å². The first-order valence-corrected chi connectivity index (χ1v) is 8.33. The zero-order valence-corrected chi connectivity index (χ0v) is 14.3. The van der Waals surface area contributed by atoms with Crippen LogP contribution in [0.1, 0.15) is 17.5 Å². The van der Waals surface area contributed by atoms with Crippen molar-refractivity contribution in [3.05, 3.63) is 65.7 Å². The van der Waals surface area contributed by atoms with Crippen LogP contribution in [0.5, 0.6) is 5.75 Å². The first kappa shape index (κ1) is 19.0. The highest BCUT2D eigenvalue weighted by Crippen LogP contribution is 2.19. The number of aliphatic hydroxyl groups excluding tert-OH is 1. The second-order valence-corrected chi connectivity index (χ2v) is 6.24. The minimum absolute atomic E-state index is 0.120. The van der Waals surface area contributed by atoms with Crippen molar-refractivity contribution in [1.82, 2.24) is 0 Å². The number of ether oxygens (including phenoxy) is 1. The van der Waals surface area contributed by atoms with E-state index < -0.39 is 24.0 Å². The maximum Gasteiger partial charge on any atom is 0.306 e. The standard InChI is InChI=1S/C20H25NO4/c1-25-17-9-7-15(8-10-17)11-16(20(23)24)13-19(22)18(21)12-14-5-3-2-4-6-14/h2-10,16,18-19,22H,11-13,21H2,1H3,(H,23,24). The summed E-state index contributed by atoms with van der Waals surface area (Å²) in [7, 11) is 1.58. The Morgan fingerprint density at radius 1 is 1.04 bits per heavy atom. The van der Waals surface area contributed by atoms with Gasteiger partial charge in [0.15, 0.2) is 0 Å². The molecule has 134 valence electrons. The Bertz CT molecular complexity index is 657. The molecule has 0 aromatic heterocycles. The zero-order valence-electron chi connectivity index (χ0n) is 14.3. The maximum absolute atomic E-state index is 11.6. The average molecular weight is 343 g/mol. The number of hydrogen-bond acceptors (Lipinski definition) is 4. The summed E-state index contributed by atoms with van der Waals surface area (Å²) in [6.45, 7) is 0. The fourth-order valence-electron chi connectivity index (χ4n) is 2.81. The van der Waals surface area contributed by atoms with Gasteiger partial charge >= 0.3 is 5.97 Å². The van der Waals surface area contributed by atoms with E-state index in [-0.39, 0.29) is 6.42 Å². The topological polar surface area (TPSA) is 92.8 Å². The highest BCUT2D eigenvalue weighted by atomic mass is 16.5. The molecule has 3 atom stereocenters. The summed E-state index contributed by atoms with van der Waals surface area (Å²) < 4.78 is 5.10. The molecular weight excluding hydrogens is 318 g/mol. The van der Waals surface area contributed by atoms with Crippen molar-refractivity contribution >= 4 is 5.97 Å². The molecule has 0 fully saturated rings. The van der Waals surface area contributed by atoms with E-state index in [0.29, 0.717) is 12.8 Å². The van der Waals surface area contributed by atoms with Gasteiger partial charge in [0.05, 0.1) is 19.1 Å². The molecule has 0 heterocycles. The number of hydrogen-bond donors (Lipinski definition) is 3. The number of aliphatic hydroxyl groups is 1. The number of aliphatic carboxylic acids is 1. The largest absolute Gasteiger partial charge is 0.497 e. The summed E-state index contributed by atoms with van der Waals surface area (Å²) in [5.41, 5.74) is 7.98. The maximum atomic E-state index is 11.6. The molecule has 0 amide bonds. The Hall–Kier alpha value is -2.37. The van der Waals surface area contributed by atoms with E-state index in [9.17, 15) is 15.0 Å². The summed E-state index contributed by atoms with van der Waals surface area (Å²) in [6.07, 6.45) is 0.0975. The normalized spacial score (nSPS) is 14.5. The summed E-state index contributed by atoms with van der Waals surface area (Å²) in [5.74, 6) is -0.896. The molecule has 5 nitrogen and oxygen atoms in total. The molecular formula is C20H25NO4. The molecule has 0 saturated carbocycles. The lowest BCUT2D eigenvalue weighted by atomic mass is 9.90. The summed E-state index contributed by atoms with van der Waals surface area (Å²) in [4.78, 5) is 11.6. The molecule has 0 bridgehead atoms. The van der Waals surface area contributed by atoms with Gasteiger partial charge in [0, 0.05) is 6.04 Å². The third-order valence-electron chi connectivity index (χ3n) is 4.32. The van der Waals surface area contributed by atoms with Gasteiger partial charge in [-0.2, -0.15) is 0 Å². The van der Waals surface area contributed by atoms with Gasteiger partial charge in [0.1, 0.15) is 5.75 Å². The Balaban J connectivity index is 1.96. The van der Waals surface area contributed by atoms with Crippen LogP contribution < -0.4 is 10.5 Å². The summed E-state index contributed by atoms with van der Waals surface area (Å²) >= 11 is 0. The van der Waals surface area contributed by atoms with Crippen LogP contribution in [0.15, 0.2) is 54.6 Å².